The van der Waals surface area contributed by atoms with Crippen LogP contribution < -0.4 is 11.1 Å². The summed E-state index contributed by atoms with van der Waals surface area (Å²) in [5, 5.41) is 12.6. The van der Waals surface area contributed by atoms with Gasteiger partial charge in [0.2, 0.25) is 0 Å². The third-order valence-corrected chi connectivity index (χ3v) is 2.69. The Morgan fingerprint density at radius 2 is 2.00 bits per heavy atom. The van der Waals surface area contributed by atoms with E-state index in [0.29, 0.717) is 24.6 Å². The summed E-state index contributed by atoms with van der Waals surface area (Å²) < 4.78 is 0. The molecule has 4 N–H and O–H groups in total. The second kappa shape index (κ2) is 5.82. The van der Waals surface area contributed by atoms with Crippen LogP contribution >= 0.6 is 0 Å². The van der Waals surface area contributed by atoms with Crippen molar-refractivity contribution < 1.29 is 5.11 Å². The minimum Gasteiger partial charge on any atom is -0.391 e. The number of aromatic nitrogens is 2. The van der Waals surface area contributed by atoms with Gasteiger partial charge in [-0.1, -0.05) is 20.8 Å². The summed E-state index contributed by atoms with van der Waals surface area (Å²) in [5.41, 5.74) is 6.68. The maximum absolute atomic E-state index is 9.52. The Hall–Kier alpha value is -1.36. The van der Waals surface area contributed by atoms with E-state index in [9.17, 15) is 5.11 Å². The van der Waals surface area contributed by atoms with Gasteiger partial charge in [0.25, 0.3) is 0 Å². The highest BCUT2D eigenvalue weighted by molar-refractivity contribution is 5.55. The Labute approximate surface area is 102 Å². The van der Waals surface area contributed by atoms with Gasteiger partial charge in [-0.25, -0.2) is 9.97 Å². The lowest BCUT2D eigenvalue weighted by Crippen LogP contribution is -2.20. The summed E-state index contributed by atoms with van der Waals surface area (Å²) in [6, 6.07) is 0. The maximum atomic E-state index is 9.52. The fraction of sp³-hybridized carbons (Fsp3) is 0.667. The minimum absolute atomic E-state index is 0.231. The fourth-order valence-corrected chi connectivity index (χ4v) is 1.34. The Bertz CT molecular complexity index is 379. The predicted molar refractivity (Wildman–Crippen MR) is 70.1 cm³/mol. The number of aliphatic hydroxyl groups is 1. The van der Waals surface area contributed by atoms with Crippen LogP contribution in [0.15, 0.2) is 0 Å². The van der Waals surface area contributed by atoms with Crippen molar-refractivity contribution in [2.75, 3.05) is 17.6 Å². The number of nitrogens with one attached hydrogen (secondary N) is 1. The number of nitrogens with two attached hydrogens (primary N) is 1. The largest absolute Gasteiger partial charge is 0.391 e. The first-order valence-corrected chi connectivity index (χ1v) is 6.01. The Balaban J connectivity index is 2.90. The highest BCUT2D eigenvalue weighted by atomic mass is 16.3. The lowest BCUT2D eigenvalue weighted by atomic mass is 10.2. The average molecular weight is 238 g/mol. The number of rotatable bonds is 5. The predicted octanol–water partition coefficient (Wildman–Crippen LogP) is 1.67. The number of hydrogen-bond acceptors (Lipinski definition) is 5. The van der Waals surface area contributed by atoms with E-state index in [2.05, 4.69) is 15.3 Å². The molecule has 1 heterocycles. The maximum Gasteiger partial charge on any atom is 0.135 e. The summed E-state index contributed by atoms with van der Waals surface area (Å²) in [6.07, 6.45) is 0.344. The lowest BCUT2D eigenvalue weighted by molar-refractivity contribution is 0.183. The molecule has 96 valence electrons. The second-order valence-electron chi connectivity index (χ2n) is 4.54. The molecular formula is C12H22N4O. The van der Waals surface area contributed by atoms with Gasteiger partial charge < -0.3 is 16.2 Å². The number of nitrogen functional groups attached to an aromatic ring is 1. The number of aliphatic hydroxyl groups excluding tert-OH is 1. The zero-order valence-corrected chi connectivity index (χ0v) is 11.0. The van der Waals surface area contributed by atoms with E-state index >= 15 is 0 Å². The fourth-order valence-electron chi connectivity index (χ4n) is 1.34. The molecule has 0 aromatic carbocycles. The van der Waals surface area contributed by atoms with Crippen LogP contribution in [0.2, 0.25) is 0 Å². The first-order valence-electron chi connectivity index (χ1n) is 6.01. The van der Waals surface area contributed by atoms with Gasteiger partial charge in [-0.05, 0) is 13.3 Å². The molecule has 0 spiro atoms. The van der Waals surface area contributed by atoms with Crippen LogP contribution in [0.5, 0.6) is 0 Å². The van der Waals surface area contributed by atoms with Gasteiger partial charge >= 0.3 is 0 Å². The van der Waals surface area contributed by atoms with Gasteiger partial charge in [0, 0.05) is 18.0 Å². The Morgan fingerprint density at radius 1 is 1.35 bits per heavy atom. The van der Waals surface area contributed by atoms with E-state index in [1.807, 2.05) is 27.7 Å². The molecule has 0 aliphatic carbocycles. The van der Waals surface area contributed by atoms with E-state index in [4.69, 9.17) is 5.73 Å². The van der Waals surface area contributed by atoms with Crippen molar-refractivity contribution in [1.29, 1.82) is 0 Å². The third kappa shape index (κ3) is 3.56. The molecular weight excluding hydrogens is 216 g/mol. The van der Waals surface area contributed by atoms with Crippen molar-refractivity contribution in [1.82, 2.24) is 9.97 Å². The van der Waals surface area contributed by atoms with Crippen LogP contribution in [0.25, 0.3) is 0 Å². The highest BCUT2D eigenvalue weighted by Gasteiger charge is 2.11. The smallest absolute Gasteiger partial charge is 0.135 e. The molecule has 5 heteroatoms. The molecule has 1 atom stereocenters. The van der Waals surface area contributed by atoms with E-state index in [1.165, 1.54) is 0 Å². The first-order chi connectivity index (χ1) is 7.95. The summed E-state index contributed by atoms with van der Waals surface area (Å²) in [6.45, 7) is 8.34. The summed E-state index contributed by atoms with van der Waals surface area (Å²) >= 11 is 0. The van der Waals surface area contributed by atoms with Gasteiger partial charge in [0.1, 0.15) is 17.5 Å². The van der Waals surface area contributed by atoms with Crippen molar-refractivity contribution in [3.05, 3.63) is 11.4 Å². The molecule has 0 aliphatic rings. The monoisotopic (exact) mass is 238 g/mol. The van der Waals surface area contributed by atoms with Gasteiger partial charge in [-0.15, -0.1) is 0 Å². The Morgan fingerprint density at radius 3 is 2.53 bits per heavy atom. The van der Waals surface area contributed by atoms with Crippen LogP contribution in [-0.4, -0.2) is 27.7 Å². The molecule has 0 saturated carbocycles. The van der Waals surface area contributed by atoms with Crippen molar-refractivity contribution in [2.24, 2.45) is 0 Å². The molecule has 0 saturated heterocycles. The third-order valence-electron chi connectivity index (χ3n) is 2.69. The molecule has 0 aliphatic heterocycles. The molecule has 0 fully saturated rings. The highest BCUT2D eigenvalue weighted by Crippen LogP contribution is 2.20. The van der Waals surface area contributed by atoms with Crippen LogP contribution in [-0.2, 0) is 0 Å². The molecule has 0 radical (unpaired) electrons. The average Bonchev–Trinajstić information content (AvgIpc) is 2.30. The molecule has 1 aromatic rings. The molecule has 1 aromatic heterocycles. The molecule has 0 amide bonds. The summed E-state index contributed by atoms with van der Waals surface area (Å²) in [7, 11) is 0. The molecule has 1 unspecified atom stereocenters. The van der Waals surface area contributed by atoms with Crippen molar-refractivity contribution in [3.8, 4) is 0 Å². The Kier molecular flexibility index (Phi) is 4.69. The lowest BCUT2D eigenvalue weighted by Gasteiger charge is -2.15. The molecule has 17 heavy (non-hydrogen) atoms. The number of hydrogen-bond donors (Lipinski definition) is 3. The van der Waals surface area contributed by atoms with Gasteiger partial charge in [-0.2, -0.15) is 0 Å². The topological polar surface area (TPSA) is 84.1 Å². The zero-order valence-electron chi connectivity index (χ0n) is 11.0. The summed E-state index contributed by atoms with van der Waals surface area (Å²) in [4.78, 5) is 8.67. The van der Waals surface area contributed by atoms with Crippen LogP contribution in [0.1, 0.15) is 44.5 Å². The van der Waals surface area contributed by atoms with E-state index < -0.39 is 0 Å². The quantitative estimate of drug-likeness (QED) is 0.726. The summed E-state index contributed by atoms with van der Waals surface area (Å²) in [5.74, 6) is 2.17. The SMILES string of the molecule is CCC(O)CNc1nc(C(C)C)nc(N)c1C. The number of nitrogens with zero attached hydrogens (tertiary/aromatic N) is 2. The van der Waals surface area contributed by atoms with Crippen molar-refractivity contribution in [3.63, 3.8) is 0 Å². The van der Waals surface area contributed by atoms with Crippen molar-refractivity contribution in [2.45, 2.75) is 46.1 Å². The molecule has 0 bridgehead atoms. The zero-order chi connectivity index (χ0) is 13.0. The molecule has 5 nitrogen and oxygen atoms in total. The minimum atomic E-state index is -0.368. The van der Waals surface area contributed by atoms with E-state index in [1.54, 1.807) is 0 Å². The van der Waals surface area contributed by atoms with Gasteiger partial charge in [-0.3, -0.25) is 0 Å². The standard InChI is InChI=1S/C12H22N4O/c1-5-9(17)6-14-12-8(4)10(13)15-11(16-12)7(2)3/h7,9,17H,5-6H2,1-4H3,(H3,13,14,15,16). The van der Waals surface area contributed by atoms with Crippen LogP contribution in [0, 0.1) is 6.92 Å². The molecule has 1 rings (SSSR count). The van der Waals surface area contributed by atoms with Crippen molar-refractivity contribution >= 4 is 11.6 Å². The van der Waals surface area contributed by atoms with Gasteiger partial charge in [0.05, 0.1) is 6.10 Å². The second-order valence-corrected chi connectivity index (χ2v) is 4.54. The first kappa shape index (κ1) is 13.7. The normalized spacial score (nSPS) is 12.8. The number of anilines is 2. The van der Waals surface area contributed by atoms with E-state index in [0.717, 1.165) is 11.4 Å². The van der Waals surface area contributed by atoms with Crippen LogP contribution in [0.4, 0.5) is 11.6 Å². The van der Waals surface area contributed by atoms with E-state index in [-0.39, 0.29) is 12.0 Å². The van der Waals surface area contributed by atoms with Gasteiger partial charge in [0.15, 0.2) is 0 Å². The van der Waals surface area contributed by atoms with Crippen LogP contribution in [0.3, 0.4) is 0 Å².